The summed E-state index contributed by atoms with van der Waals surface area (Å²) in [6, 6.07) is 4.71. The fraction of sp³-hybridized carbons (Fsp3) is 0.357. The Morgan fingerprint density at radius 1 is 1.33 bits per heavy atom. The number of benzene rings is 1. The van der Waals surface area contributed by atoms with Crippen molar-refractivity contribution in [1.29, 1.82) is 0 Å². The Bertz CT molecular complexity index is 599. The molecule has 1 fully saturated rings. The number of rotatable bonds is 4. The average molecular weight is 292 g/mol. The summed E-state index contributed by atoms with van der Waals surface area (Å²) in [4.78, 5) is 36.5. The summed E-state index contributed by atoms with van der Waals surface area (Å²) in [7, 11) is 2.73. The molecule has 7 nitrogen and oxygen atoms in total. The monoisotopic (exact) mass is 292 g/mol. The fourth-order valence-corrected chi connectivity index (χ4v) is 2.28. The summed E-state index contributed by atoms with van der Waals surface area (Å²) in [5.74, 6) is -1.45. The van der Waals surface area contributed by atoms with Crippen LogP contribution in [0, 0.1) is 5.92 Å². The molecule has 21 heavy (non-hydrogen) atoms. The van der Waals surface area contributed by atoms with Gasteiger partial charge in [0.25, 0.3) is 0 Å². The second kappa shape index (κ2) is 5.82. The van der Waals surface area contributed by atoms with Gasteiger partial charge in [-0.15, -0.1) is 0 Å². The van der Waals surface area contributed by atoms with Crippen LogP contribution in [0.15, 0.2) is 18.2 Å². The van der Waals surface area contributed by atoms with Crippen LogP contribution < -0.4 is 15.4 Å². The molecule has 0 radical (unpaired) electrons. The van der Waals surface area contributed by atoms with E-state index in [0.717, 1.165) is 0 Å². The summed E-state index contributed by atoms with van der Waals surface area (Å²) in [5.41, 5.74) is 5.83. The number of anilines is 1. The van der Waals surface area contributed by atoms with Crippen LogP contribution in [-0.2, 0) is 14.3 Å². The maximum absolute atomic E-state index is 12.0. The minimum absolute atomic E-state index is 0.0436. The number of primary amides is 1. The highest BCUT2D eigenvalue weighted by Crippen LogP contribution is 2.31. The normalized spacial score (nSPS) is 17.7. The average Bonchev–Trinajstić information content (AvgIpc) is 2.87. The number of hydrogen-bond donors (Lipinski definition) is 1. The predicted octanol–water partition coefficient (Wildman–Crippen LogP) is 0.320. The van der Waals surface area contributed by atoms with Gasteiger partial charge in [0.2, 0.25) is 11.8 Å². The molecular weight excluding hydrogens is 276 g/mol. The van der Waals surface area contributed by atoms with Gasteiger partial charge in [-0.1, -0.05) is 0 Å². The molecule has 2 amide bonds. The van der Waals surface area contributed by atoms with Gasteiger partial charge < -0.3 is 20.1 Å². The van der Waals surface area contributed by atoms with Crippen molar-refractivity contribution in [3.63, 3.8) is 0 Å². The van der Waals surface area contributed by atoms with E-state index >= 15 is 0 Å². The Morgan fingerprint density at radius 2 is 2.05 bits per heavy atom. The third-order valence-corrected chi connectivity index (χ3v) is 3.43. The minimum Gasteiger partial charge on any atom is -0.497 e. The van der Waals surface area contributed by atoms with Gasteiger partial charge in [-0.25, -0.2) is 4.79 Å². The quantitative estimate of drug-likeness (QED) is 0.806. The molecule has 1 aromatic carbocycles. The van der Waals surface area contributed by atoms with Crippen LogP contribution >= 0.6 is 0 Å². The molecule has 1 aliphatic heterocycles. The van der Waals surface area contributed by atoms with E-state index in [0.29, 0.717) is 11.4 Å². The highest BCUT2D eigenvalue weighted by molar-refractivity contribution is 6.05. The second-order valence-corrected chi connectivity index (χ2v) is 4.68. The molecule has 7 heteroatoms. The van der Waals surface area contributed by atoms with Gasteiger partial charge in [0.1, 0.15) is 5.75 Å². The van der Waals surface area contributed by atoms with Gasteiger partial charge >= 0.3 is 5.97 Å². The number of ether oxygens (including phenoxy) is 2. The third-order valence-electron chi connectivity index (χ3n) is 3.43. The van der Waals surface area contributed by atoms with Crippen LogP contribution in [0.4, 0.5) is 5.69 Å². The maximum Gasteiger partial charge on any atom is 0.340 e. The first-order valence-electron chi connectivity index (χ1n) is 6.34. The lowest BCUT2D eigenvalue weighted by atomic mass is 10.1. The zero-order valence-corrected chi connectivity index (χ0v) is 11.8. The molecule has 2 N–H and O–H groups in total. The summed E-state index contributed by atoms with van der Waals surface area (Å²) >= 11 is 0. The standard InChI is InChI=1S/C14H16N2O5/c1-20-9-3-4-11(10(6-9)14(19)21-2)16-7-8(13(15)18)5-12(16)17/h3-4,6,8H,5,7H2,1-2H3,(H2,15,18). The Kier molecular flexibility index (Phi) is 4.11. The molecule has 1 saturated heterocycles. The van der Waals surface area contributed by atoms with Crippen molar-refractivity contribution in [2.75, 3.05) is 25.7 Å². The van der Waals surface area contributed by atoms with Crippen LogP contribution in [-0.4, -0.2) is 38.5 Å². The van der Waals surface area contributed by atoms with Crippen LogP contribution in [0.2, 0.25) is 0 Å². The van der Waals surface area contributed by atoms with Crippen LogP contribution in [0.5, 0.6) is 5.75 Å². The molecule has 1 atom stereocenters. The number of nitrogens with zero attached hydrogens (tertiary/aromatic N) is 1. The lowest BCUT2D eigenvalue weighted by molar-refractivity contribution is -0.123. The van der Waals surface area contributed by atoms with E-state index in [1.54, 1.807) is 12.1 Å². The van der Waals surface area contributed by atoms with E-state index in [2.05, 4.69) is 0 Å². The molecule has 0 bridgehead atoms. The van der Waals surface area contributed by atoms with Crippen LogP contribution in [0.1, 0.15) is 16.8 Å². The van der Waals surface area contributed by atoms with Gasteiger partial charge in [0.05, 0.1) is 31.4 Å². The first-order chi connectivity index (χ1) is 9.97. The highest BCUT2D eigenvalue weighted by atomic mass is 16.5. The number of carbonyl (C=O) groups excluding carboxylic acids is 3. The van der Waals surface area contributed by atoms with Gasteiger partial charge in [0.15, 0.2) is 0 Å². The number of nitrogens with two attached hydrogens (primary N) is 1. The molecule has 0 saturated carbocycles. The zero-order chi connectivity index (χ0) is 15.6. The molecular formula is C14H16N2O5. The maximum atomic E-state index is 12.0. The predicted molar refractivity (Wildman–Crippen MR) is 74.0 cm³/mol. The Balaban J connectivity index is 2.41. The van der Waals surface area contributed by atoms with Crippen LogP contribution in [0.25, 0.3) is 0 Å². The molecule has 1 aromatic rings. The van der Waals surface area contributed by atoms with Crippen molar-refractivity contribution >= 4 is 23.5 Å². The second-order valence-electron chi connectivity index (χ2n) is 4.68. The molecule has 1 unspecified atom stereocenters. The smallest absolute Gasteiger partial charge is 0.340 e. The Morgan fingerprint density at radius 3 is 2.57 bits per heavy atom. The van der Waals surface area contributed by atoms with E-state index in [9.17, 15) is 14.4 Å². The molecule has 0 aromatic heterocycles. The van der Waals surface area contributed by atoms with Gasteiger partial charge in [0, 0.05) is 13.0 Å². The van der Waals surface area contributed by atoms with Crippen molar-refractivity contribution in [3.05, 3.63) is 23.8 Å². The van der Waals surface area contributed by atoms with E-state index in [-0.39, 0.29) is 24.4 Å². The number of methoxy groups -OCH3 is 2. The van der Waals surface area contributed by atoms with Crippen molar-refractivity contribution < 1.29 is 23.9 Å². The first kappa shape index (κ1) is 14.8. The Hall–Kier alpha value is -2.57. The molecule has 112 valence electrons. The largest absolute Gasteiger partial charge is 0.497 e. The molecule has 0 spiro atoms. The molecule has 1 aliphatic rings. The summed E-state index contributed by atoms with van der Waals surface area (Å²) in [5, 5.41) is 0. The summed E-state index contributed by atoms with van der Waals surface area (Å²) in [6.07, 6.45) is 0.0436. The van der Waals surface area contributed by atoms with Crippen molar-refractivity contribution in [2.45, 2.75) is 6.42 Å². The summed E-state index contributed by atoms with van der Waals surface area (Å²) < 4.78 is 9.79. The summed E-state index contributed by atoms with van der Waals surface area (Å²) in [6.45, 7) is 0.157. The fourth-order valence-electron chi connectivity index (χ4n) is 2.28. The minimum atomic E-state index is -0.584. The molecule has 0 aliphatic carbocycles. The Labute approximate surface area is 121 Å². The van der Waals surface area contributed by atoms with E-state index in [1.807, 2.05) is 0 Å². The van der Waals surface area contributed by atoms with Gasteiger partial charge in [-0.2, -0.15) is 0 Å². The molecule has 1 heterocycles. The third kappa shape index (κ3) is 2.81. The number of hydrogen-bond acceptors (Lipinski definition) is 5. The number of amides is 2. The highest BCUT2D eigenvalue weighted by Gasteiger charge is 2.35. The van der Waals surface area contributed by atoms with Gasteiger partial charge in [-0.05, 0) is 18.2 Å². The van der Waals surface area contributed by atoms with E-state index < -0.39 is 17.8 Å². The topological polar surface area (TPSA) is 98.9 Å². The van der Waals surface area contributed by atoms with Crippen molar-refractivity contribution in [2.24, 2.45) is 11.7 Å². The lowest BCUT2D eigenvalue weighted by Crippen LogP contribution is -2.29. The lowest BCUT2D eigenvalue weighted by Gasteiger charge is -2.19. The number of esters is 1. The number of carbonyl (C=O) groups is 3. The zero-order valence-electron chi connectivity index (χ0n) is 11.8. The van der Waals surface area contributed by atoms with E-state index in [4.69, 9.17) is 15.2 Å². The SMILES string of the molecule is COC(=O)c1cc(OC)ccc1N1CC(C(N)=O)CC1=O. The van der Waals surface area contributed by atoms with Gasteiger partial charge in [-0.3, -0.25) is 9.59 Å². The van der Waals surface area contributed by atoms with Crippen molar-refractivity contribution in [1.82, 2.24) is 0 Å². The molecule has 2 rings (SSSR count). The first-order valence-corrected chi connectivity index (χ1v) is 6.34. The van der Waals surface area contributed by atoms with Crippen LogP contribution in [0.3, 0.4) is 0 Å². The van der Waals surface area contributed by atoms with E-state index in [1.165, 1.54) is 25.2 Å². The van der Waals surface area contributed by atoms with Crippen molar-refractivity contribution in [3.8, 4) is 5.75 Å².